The van der Waals surface area contributed by atoms with Crippen molar-refractivity contribution in [3.8, 4) is 17.2 Å². The molecule has 6 aliphatic heterocycles. The average Bonchev–Trinajstić information content (AvgIpc) is 3.55. The van der Waals surface area contributed by atoms with Gasteiger partial charge in [0.15, 0.2) is 0 Å². The van der Waals surface area contributed by atoms with Crippen LogP contribution in [0.4, 0.5) is 5.69 Å². The van der Waals surface area contributed by atoms with Gasteiger partial charge in [-0.15, -0.1) is 0 Å². The summed E-state index contributed by atoms with van der Waals surface area (Å²) in [6.45, 7) is 0.159. The minimum absolute atomic E-state index is 0.159. The van der Waals surface area contributed by atoms with E-state index in [2.05, 4.69) is 126 Å². The molecule has 1 aromatic heterocycles. The van der Waals surface area contributed by atoms with Crippen molar-refractivity contribution >= 4 is 88.0 Å². The van der Waals surface area contributed by atoms with Crippen LogP contribution in [0.25, 0.3) is 27.5 Å². The number of anilines is 1. The van der Waals surface area contributed by atoms with Crippen LogP contribution < -0.4 is 31.5 Å². The molecule has 6 aromatic rings. The third-order valence-electron chi connectivity index (χ3n) is 10.7. The molecule has 12 rings (SSSR count). The Bertz CT molecular complexity index is 2110. The van der Waals surface area contributed by atoms with E-state index in [0.717, 1.165) is 30.1 Å². The molecule has 9 heteroatoms. The number of para-hydroxylation sites is 3. The Morgan fingerprint density at radius 3 is 2.31 bits per heavy atom. The van der Waals surface area contributed by atoms with Crippen LogP contribution >= 0.6 is 6.39 Å². The van der Waals surface area contributed by atoms with Gasteiger partial charge in [-0.2, -0.15) is 0 Å². The van der Waals surface area contributed by atoms with Crippen molar-refractivity contribution in [2.45, 2.75) is 0 Å². The number of nitrogens with zero attached hydrogens (tertiary/aromatic N) is 1. The number of nitrogens with one attached hydrogen (secondary N) is 1. The van der Waals surface area contributed by atoms with Crippen molar-refractivity contribution < 1.29 is 4.74 Å². The van der Waals surface area contributed by atoms with Crippen LogP contribution in [-0.4, -0.2) is 37.0 Å². The van der Waals surface area contributed by atoms with Gasteiger partial charge < -0.3 is 0 Å². The van der Waals surface area contributed by atoms with E-state index in [0.29, 0.717) is 0 Å². The van der Waals surface area contributed by atoms with Gasteiger partial charge in [0, 0.05) is 0 Å². The summed E-state index contributed by atoms with van der Waals surface area (Å²) >= 11 is 0. The molecule has 6 aliphatic rings. The Morgan fingerprint density at radius 2 is 1.46 bits per heavy atom. The summed E-state index contributed by atoms with van der Waals surface area (Å²) in [6.07, 6.45) is -0.0350. The summed E-state index contributed by atoms with van der Waals surface area (Å²) in [5.41, 5.74) is 9.32. The molecule has 5 aromatic carbocycles. The quantitative estimate of drug-likeness (QED) is 0.290. The molecule has 0 atom stereocenters. The van der Waals surface area contributed by atoms with Crippen LogP contribution in [0, 0.1) is 0 Å². The van der Waals surface area contributed by atoms with E-state index >= 15 is 0 Å². The Hall–Kier alpha value is -3.75. The van der Waals surface area contributed by atoms with Crippen molar-refractivity contribution in [3.05, 3.63) is 109 Å². The van der Waals surface area contributed by atoms with Crippen molar-refractivity contribution in [3.63, 3.8) is 0 Å². The Morgan fingerprint density at radius 1 is 0.692 bits per heavy atom. The SMILES string of the molecule is [B-]1B2B3B1P23(Nc1ccccc1)c1ccc2c3ccccc3n3c2c1B1c2ccccc2Oc2cccc-3c21. The Labute approximate surface area is 228 Å². The number of hydrogen-bond donors (Lipinski definition) is 1. The molecule has 2 radical (unpaired) electrons. The first kappa shape index (κ1) is 20.2. The fourth-order valence-electron chi connectivity index (χ4n) is 9.01. The molecule has 39 heavy (non-hydrogen) atoms. The molecule has 0 unspecified atom stereocenters. The molecule has 2 bridgehead atoms. The number of aromatic nitrogens is 1. The molecule has 0 aliphatic carbocycles. The zero-order valence-corrected chi connectivity index (χ0v) is 22.0. The molecule has 0 saturated carbocycles. The number of benzene rings is 5. The predicted molar refractivity (Wildman–Crippen MR) is 172 cm³/mol. The second kappa shape index (κ2) is 6.19. The molecule has 3 nitrogen and oxygen atoms in total. The van der Waals surface area contributed by atoms with Gasteiger partial charge in [0.2, 0.25) is 0 Å². The summed E-state index contributed by atoms with van der Waals surface area (Å²) in [6, 6.07) is 40.2. The van der Waals surface area contributed by atoms with Crippen LogP contribution in [-0.2, 0) is 0 Å². The van der Waals surface area contributed by atoms with Crippen LogP contribution in [0.5, 0.6) is 11.5 Å². The van der Waals surface area contributed by atoms with E-state index in [9.17, 15) is 0 Å². The summed E-state index contributed by atoms with van der Waals surface area (Å²) in [4.78, 5) is 0. The Balaban J connectivity index is 1.32. The molecule has 7 heterocycles. The summed E-state index contributed by atoms with van der Waals surface area (Å²) in [7, 11) is 2.63. The summed E-state index contributed by atoms with van der Waals surface area (Å²) in [5.74, 6) is 1.98. The number of ether oxygens (including phenoxy) is 1. The van der Waals surface area contributed by atoms with Gasteiger partial charge in [-0.25, -0.2) is 0 Å². The van der Waals surface area contributed by atoms with E-state index in [-0.39, 0.29) is 6.71 Å². The predicted octanol–water partition coefficient (Wildman–Crippen LogP) is 3.79. The van der Waals surface area contributed by atoms with Crippen molar-refractivity contribution in [1.82, 2.24) is 4.57 Å². The van der Waals surface area contributed by atoms with Crippen LogP contribution in [0.3, 0.4) is 0 Å². The first-order chi connectivity index (χ1) is 19.3. The monoisotopic (exact) mass is 509 g/mol. The second-order valence-corrected chi connectivity index (χ2v) is 17.1. The van der Waals surface area contributed by atoms with E-state index < -0.39 is 6.39 Å². The minimum atomic E-state index is -2.29. The number of hydrogen-bond acceptors (Lipinski definition) is 2. The van der Waals surface area contributed by atoms with Crippen LogP contribution in [0.1, 0.15) is 0 Å². The molecular formula is C30H19B5N2OP-. The van der Waals surface area contributed by atoms with E-state index in [4.69, 9.17) is 4.74 Å². The molecule has 4 saturated heterocycles. The second-order valence-electron chi connectivity index (χ2n) is 12.0. The van der Waals surface area contributed by atoms with Crippen LogP contribution in [0.15, 0.2) is 109 Å². The van der Waals surface area contributed by atoms with Gasteiger partial charge in [0.1, 0.15) is 0 Å². The van der Waals surface area contributed by atoms with Gasteiger partial charge in [-0.05, 0) is 0 Å². The standard InChI is InChI=1S/C30H19B5N2OP/c1-2-9-19(10-3-1)36-39(33-31-34(39)35(33)39)27-18-17-21-20-11-4-6-13-23(20)37-24-14-8-16-26-28(24)32(29(27)30(21)37)22-12-5-7-15-25(22)38-26/h1-18,36H/q-1. The summed E-state index contributed by atoms with van der Waals surface area (Å²) in [5, 5.41) is 8.60. The van der Waals surface area contributed by atoms with Crippen molar-refractivity contribution in [2.24, 2.45) is 0 Å². The molecule has 1 N–H and O–H groups in total. The molecule has 4 fully saturated rings. The average molecular weight is 509 g/mol. The zero-order valence-electron chi connectivity index (χ0n) is 21.1. The van der Waals surface area contributed by atoms with E-state index in [1.54, 1.807) is 5.30 Å². The fraction of sp³-hybridized carbons (Fsp3) is 0. The Kier molecular flexibility index (Phi) is 3.20. The molecule has 176 valence electrons. The maximum absolute atomic E-state index is 6.60. The van der Waals surface area contributed by atoms with Crippen molar-refractivity contribution in [2.75, 3.05) is 5.09 Å². The molecule has 0 spiro atoms. The fourth-order valence-corrected chi connectivity index (χ4v) is 17.3. The first-order valence-corrected chi connectivity index (χ1v) is 16.4. The maximum atomic E-state index is 6.60. The topological polar surface area (TPSA) is 26.2 Å². The molecular weight excluding hydrogens is 489 g/mol. The van der Waals surface area contributed by atoms with Crippen molar-refractivity contribution in [1.29, 1.82) is 0 Å². The third kappa shape index (κ3) is 1.95. The first-order valence-electron chi connectivity index (χ1n) is 14.0. The van der Waals surface area contributed by atoms with Crippen LogP contribution in [0.2, 0.25) is 0 Å². The van der Waals surface area contributed by atoms with E-state index in [1.807, 2.05) is 0 Å². The summed E-state index contributed by atoms with van der Waals surface area (Å²) < 4.78 is 9.15. The van der Waals surface area contributed by atoms with Gasteiger partial charge in [-0.3, -0.25) is 0 Å². The normalized spacial score (nSPS) is 19.7. The molecule has 0 amide bonds. The van der Waals surface area contributed by atoms with Gasteiger partial charge >= 0.3 is 229 Å². The third-order valence-corrected chi connectivity index (χ3v) is 17.7. The number of fused-ring (bicyclic) bond motifs is 7. The van der Waals surface area contributed by atoms with E-state index in [1.165, 1.54) is 49.6 Å². The van der Waals surface area contributed by atoms with Gasteiger partial charge in [-0.1, -0.05) is 0 Å². The van der Waals surface area contributed by atoms with Gasteiger partial charge in [0.05, 0.1) is 0 Å². The number of rotatable bonds is 3. The zero-order chi connectivity index (χ0) is 25.1. The van der Waals surface area contributed by atoms with Gasteiger partial charge in [0.25, 0.3) is 0 Å².